The topological polar surface area (TPSA) is 49.3 Å². The summed E-state index contributed by atoms with van der Waals surface area (Å²) in [7, 11) is 0. The zero-order chi connectivity index (χ0) is 14.0. The molecule has 0 bridgehead atoms. The van der Waals surface area contributed by atoms with Crippen molar-refractivity contribution in [3.63, 3.8) is 0 Å². The van der Waals surface area contributed by atoms with Gasteiger partial charge in [0.15, 0.2) is 5.96 Å². The molecule has 6 heteroatoms. The molecule has 1 fully saturated rings. The molecule has 2 aliphatic rings. The molecule has 1 saturated carbocycles. The highest BCUT2D eigenvalue weighted by Gasteiger charge is 2.48. The summed E-state index contributed by atoms with van der Waals surface area (Å²) in [5, 5.41) is 6.11. The Morgan fingerprint density at radius 3 is 3.00 bits per heavy atom. The van der Waals surface area contributed by atoms with E-state index in [1.165, 1.54) is 6.07 Å². The van der Waals surface area contributed by atoms with Crippen molar-refractivity contribution in [3.05, 3.63) is 42.1 Å². The Bertz CT molecular complexity index is 550. The average Bonchev–Trinajstić information content (AvgIpc) is 2.44. The minimum atomic E-state index is -0.896. The van der Waals surface area contributed by atoms with Gasteiger partial charge in [-0.15, -0.1) is 0 Å². The first kappa shape index (κ1) is 13.0. The number of hydrogen-bond donors (Lipinski definition) is 2. The molecule has 0 aromatic carbocycles. The van der Waals surface area contributed by atoms with Crippen LogP contribution < -0.4 is 10.6 Å². The maximum absolute atomic E-state index is 13.9. The van der Waals surface area contributed by atoms with Crippen molar-refractivity contribution >= 4 is 5.96 Å². The van der Waals surface area contributed by atoms with E-state index >= 15 is 0 Å². The number of guanidine groups is 1. The van der Waals surface area contributed by atoms with Crippen molar-refractivity contribution in [3.8, 4) is 0 Å². The molecule has 1 aromatic rings. The third-order valence-corrected chi connectivity index (χ3v) is 3.72. The van der Waals surface area contributed by atoms with Crippen molar-refractivity contribution in [2.75, 3.05) is 13.1 Å². The quantitative estimate of drug-likeness (QED) is 0.879. The predicted molar refractivity (Wildman–Crippen MR) is 71.3 cm³/mol. The third-order valence-electron chi connectivity index (χ3n) is 3.72. The summed E-state index contributed by atoms with van der Waals surface area (Å²) in [4.78, 5) is 8.18. The van der Waals surface area contributed by atoms with E-state index in [0.29, 0.717) is 24.7 Å². The molecule has 0 spiro atoms. The highest BCUT2D eigenvalue weighted by Crippen LogP contribution is 2.45. The number of rotatable bonds is 3. The molecule has 105 valence electrons. The van der Waals surface area contributed by atoms with Crippen LogP contribution in [0.1, 0.15) is 18.5 Å². The van der Waals surface area contributed by atoms with Crippen LogP contribution in [-0.2, 0) is 5.41 Å². The Morgan fingerprint density at radius 2 is 2.35 bits per heavy atom. The number of aromatic nitrogens is 1. The second-order valence-electron chi connectivity index (χ2n) is 5.14. The van der Waals surface area contributed by atoms with Gasteiger partial charge in [-0.3, -0.25) is 4.98 Å². The van der Waals surface area contributed by atoms with Gasteiger partial charge in [0, 0.05) is 30.9 Å². The Labute approximate surface area is 116 Å². The number of nitrogens with one attached hydrogen (secondary N) is 2. The van der Waals surface area contributed by atoms with Crippen LogP contribution in [-0.4, -0.2) is 30.2 Å². The lowest BCUT2D eigenvalue weighted by Crippen LogP contribution is -2.53. The summed E-state index contributed by atoms with van der Waals surface area (Å²) < 4.78 is 27.3. The van der Waals surface area contributed by atoms with Gasteiger partial charge < -0.3 is 10.6 Å². The van der Waals surface area contributed by atoms with Crippen LogP contribution in [0.5, 0.6) is 0 Å². The molecule has 0 unspecified atom stereocenters. The van der Waals surface area contributed by atoms with Gasteiger partial charge in [0.2, 0.25) is 0 Å². The molecule has 4 nitrogen and oxygen atoms in total. The van der Waals surface area contributed by atoms with Gasteiger partial charge in [-0.1, -0.05) is 0 Å². The number of nitrogens with zero attached hydrogens (tertiary/aromatic N) is 2. The number of alkyl halides is 1. The van der Waals surface area contributed by atoms with Crippen molar-refractivity contribution in [1.29, 1.82) is 0 Å². The zero-order valence-electron chi connectivity index (χ0n) is 10.9. The van der Waals surface area contributed by atoms with Crippen LogP contribution >= 0.6 is 0 Å². The standard InChI is InChI=1S/C14H15F2N4/c15-10-7-14(8-10,12-11(16)3-1-4-17-12)9-20-13-18-5-2-6-19-13/h1,3-5,10H,6-9H2,(H2,18,19,20). The number of hydrogen-bond acceptors (Lipinski definition) is 4. The number of aliphatic imine (C=N–C) groups is 1. The van der Waals surface area contributed by atoms with Gasteiger partial charge in [-0.2, -0.15) is 0 Å². The van der Waals surface area contributed by atoms with E-state index in [1.807, 2.05) is 0 Å². The summed E-state index contributed by atoms with van der Waals surface area (Å²) >= 11 is 0. The van der Waals surface area contributed by atoms with E-state index in [4.69, 9.17) is 0 Å². The summed E-state index contributed by atoms with van der Waals surface area (Å²) in [6.07, 6.45) is 5.67. The molecule has 0 amide bonds. The van der Waals surface area contributed by atoms with Crippen molar-refractivity contribution < 1.29 is 8.78 Å². The van der Waals surface area contributed by atoms with Crippen LogP contribution in [0.2, 0.25) is 0 Å². The molecular formula is C14H15F2N4. The molecular weight excluding hydrogens is 262 g/mol. The first-order valence-corrected chi connectivity index (χ1v) is 6.55. The van der Waals surface area contributed by atoms with E-state index in [2.05, 4.69) is 26.7 Å². The SMILES string of the molecule is Fc1cccnc1C1(CNC2=NC=[C]CN2)CC(F)C1. The monoisotopic (exact) mass is 277 g/mol. The zero-order valence-corrected chi connectivity index (χ0v) is 10.9. The third kappa shape index (κ3) is 2.37. The Balaban J connectivity index is 1.77. The van der Waals surface area contributed by atoms with E-state index < -0.39 is 11.6 Å². The maximum Gasteiger partial charge on any atom is 0.196 e. The fourth-order valence-corrected chi connectivity index (χ4v) is 2.68. The largest absolute Gasteiger partial charge is 0.355 e. The highest BCUT2D eigenvalue weighted by atomic mass is 19.1. The smallest absolute Gasteiger partial charge is 0.196 e. The Morgan fingerprint density at radius 1 is 1.50 bits per heavy atom. The fourth-order valence-electron chi connectivity index (χ4n) is 2.68. The molecule has 1 aliphatic carbocycles. The van der Waals surface area contributed by atoms with Crippen molar-refractivity contribution in [2.45, 2.75) is 24.4 Å². The van der Waals surface area contributed by atoms with Gasteiger partial charge in [0.1, 0.15) is 12.0 Å². The van der Waals surface area contributed by atoms with E-state index in [9.17, 15) is 8.78 Å². The first-order valence-electron chi connectivity index (χ1n) is 6.55. The molecule has 2 N–H and O–H groups in total. The van der Waals surface area contributed by atoms with Crippen LogP contribution in [0, 0.1) is 11.9 Å². The van der Waals surface area contributed by atoms with Gasteiger partial charge in [-0.25, -0.2) is 13.8 Å². The van der Waals surface area contributed by atoms with Gasteiger partial charge in [-0.05, 0) is 31.1 Å². The van der Waals surface area contributed by atoms with Crippen LogP contribution in [0.3, 0.4) is 0 Å². The lowest BCUT2D eigenvalue weighted by molar-refractivity contribution is 0.0894. The summed E-state index contributed by atoms with van der Waals surface area (Å²) in [5.74, 6) is 0.217. The molecule has 1 aliphatic heterocycles. The highest BCUT2D eigenvalue weighted by molar-refractivity contribution is 5.81. The predicted octanol–water partition coefficient (Wildman–Crippen LogP) is 1.46. The normalized spacial score (nSPS) is 28.3. The maximum atomic E-state index is 13.9. The Kier molecular flexibility index (Phi) is 3.38. The van der Waals surface area contributed by atoms with Crippen molar-refractivity contribution in [1.82, 2.24) is 15.6 Å². The number of halogens is 2. The fraction of sp³-hybridized carbons (Fsp3) is 0.429. The molecule has 0 saturated heterocycles. The molecule has 3 rings (SSSR count). The van der Waals surface area contributed by atoms with Gasteiger partial charge in [0.05, 0.1) is 5.69 Å². The molecule has 2 heterocycles. The summed E-state index contributed by atoms with van der Waals surface area (Å²) in [6, 6.07) is 2.91. The average molecular weight is 277 g/mol. The van der Waals surface area contributed by atoms with Crippen molar-refractivity contribution in [2.24, 2.45) is 4.99 Å². The second kappa shape index (κ2) is 5.19. The van der Waals surface area contributed by atoms with E-state index in [0.717, 1.165) is 0 Å². The first-order chi connectivity index (χ1) is 9.70. The lowest BCUT2D eigenvalue weighted by atomic mass is 9.65. The molecule has 1 radical (unpaired) electrons. The molecule has 1 aromatic heterocycles. The lowest BCUT2D eigenvalue weighted by Gasteiger charge is -2.44. The Hall–Kier alpha value is -1.98. The number of pyridine rings is 1. The second-order valence-corrected chi connectivity index (χ2v) is 5.14. The molecule has 0 atom stereocenters. The van der Waals surface area contributed by atoms with Gasteiger partial charge >= 0.3 is 0 Å². The summed E-state index contributed by atoms with van der Waals surface area (Å²) in [5.41, 5.74) is -0.264. The van der Waals surface area contributed by atoms with Crippen LogP contribution in [0.25, 0.3) is 0 Å². The molecule has 20 heavy (non-hydrogen) atoms. The van der Waals surface area contributed by atoms with Gasteiger partial charge in [0.25, 0.3) is 0 Å². The van der Waals surface area contributed by atoms with Crippen LogP contribution in [0.4, 0.5) is 8.78 Å². The summed E-state index contributed by atoms with van der Waals surface area (Å²) in [6.45, 7) is 0.976. The van der Waals surface area contributed by atoms with E-state index in [1.54, 1.807) is 18.5 Å². The van der Waals surface area contributed by atoms with Crippen LogP contribution in [0.15, 0.2) is 29.5 Å². The van der Waals surface area contributed by atoms with E-state index in [-0.39, 0.29) is 18.7 Å². The minimum Gasteiger partial charge on any atom is -0.355 e. The minimum absolute atomic E-state index is 0.281.